The summed E-state index contributed by atoms with van der Waals surface area (Å²) in [5.74, 6) is -0.404. The summed E-state index contributed by atoms with van der Waals surface area (Å²) in [6.45, 7) is 17.4. The fraction of sp³-hybridized carbons (Fsp3) is 0.842. The molecule has 0 fully saturated rings. The van der Waals surface area contributed by atoms with Crippen molar-refractivity contribution in [2.75, 3.05) is 39.4 Å². The maximum atomic E-state index is 11.9. The summed E-state index contributed by atoms with van der Waals surface area (Å²) in [5, 5.41) is 0. The lowest BCUT2D eigenvalue weighted by Gasteiger charge is -2.37. The summed E-state index contributed by atoms with van der Waals surface area (Å²) in [6.07, 6.45) is 2.12. The number of phosphoric acid groups is 1. The minimum absolute atomic E-state index is 0.0588. The number of carbonyl (C=O) groups excluding carboxylic acids is 1. The molecule has 0 saturated carbocycles. The van der Waals surface area contributed by atoms with Gasteiger partial charge < -0.3 is 23.2 Å². The van der Waals surface area contributed by atoms with Crippen LogP contribution in [0.25, 0.3) is 0 Å². The molecule has 0 aliphatic rings. The van der Waals surface area contributed by atoms with Crippen molar-refractivity contribution in [2.24, 2.45) is 0 Å². The van der Waals surface area contributed by atoms with Crippen LogP contribution < -0.4 is 4.89 Å². The largest absolute Gasteiger partial charge is 0.756 e. The van der Waals surface area contributed by atoms with Crippen molar-refractivity contribution in [3.8, 4) is 0 Å². The molecular formula is C19H38NO6P. The smallest absolute Gasteiger partial charge is 0.333 e. The Balaban J connectivity index is 4.68. The molecule has 0 aliphatic carbocycles. The van der Waals surface area contributed by atoms with Crippen LogP contribution in [-0.2, 0) is 23.1 Å². The van der Waals surface area contributed by atoms with Gasteiger partial charge in [-0.3, -0.25) is 4.57 Å². The second-order valence-electron chi connectivity index (χ2n) is 6.81. The van der Waals surface area contributed by atoms with Crippen LogP contribution in [-0.4, -0.2) is 55.9 Å². The SMILES string of the molecule is C=C(C)C(=O)OCCCCC(CC[N+](CC)(CC)CC)OP(=O)([O-])OCC. The van der Waals surface area contributed by atoms with E-state index in [9.17, 15) is 14.3 Å². The maximum Gasteiger partial charge on any atom is 0.333 e. The van der Waals surface area contributed by atoms with Crippen molar-refractivity contribution >= 4 is 13.8 Å². The Hall–Kier alpha value is -0.720. The van der Waals surface area contributed by atoms with Gasteiger partial charge in [0.05, 0.1) is 45.5 Å². The second kappa shape index (κ2) is 13.5. The average molecular weight is 407 g/mol. The van der Waals surface area contributed by atoms with Gasteiger partial charge in [0.2, 0.25) is 0 Å². The summed E-state index contributed by atoms with van der Waals surface area (Å²) in [4.78, 5) is 23.3. The van der Waals surface area contributed by atoms with Crippen molar-refractivity contribution in [2.45, 2.75) is 66.4 Å². The molecule has 0 aromatic rings. The number of phosphoric ester groups is 1. The van der Waals surface area contributed by atoms with Gasteiger partial charge in [-0.25, -0.2) is 4.79 Å². The number of rotatable bonds is 16. The van der Waals surface area contributed by atoms with Crippen LogP contribution in [0.5, 0.6) is 0 Å². The second-order valence-corrected chi connectivity index (χ2v) is 8.17. The molecule has 0 radical (unpaired) electrons. The summed E-state index contributed by atoms with van der Waals surface area (Å²) >= 11 is 0. The first kappa shape index (κ1) is 26.3. The van der Waals surface area contributed by atoms with Crippen LogP contribution in [0.4, 0.5) is 0 Å². The van der Waals surface area contributed by atoms with E-state index in [0.29, 0.717) is 31.3 Å². The third kappa shape index (κ3) is 11.0. The van der Waals surface area contributed by atoms with Gasteiger partial charge in [0.25, 0.3) is 7.82 Å². The lowest BCUT2D eigenvalue weighted by Crippen LogP contribution is -2.49. The highest BCUT2D eigenvalue weighted by Gasteiger charge is 2.25. The van der Waals surface area contributed by atoms with Crippen LogP contribution in [0.1, 0.15) is 60.3 Å². The Morgan fingerprint density at radius 2 is 1.70 bits per heavy atom. The molecule has 27 heavy (non-hydrogen) atoms. The van der Waals surface area contributed by atoms with Crippen molar-refractivity contribution in [3.63, 3.8) is 0 Å². The number of hydrogen-bond acceptors (Lipinski definition) is 6. The zero-order valence-corrected chi connectivity index (χ0v) is 18.6. The van der Waals surface area contributed by atoms with Gasteiger partial charge in [0.1, 0.15) is 0 Å². The number of carbonyl (C=O) groups is 1. The highest BCUT2D eigenvalue weighted by Crippen LogP contribution is 2.41. The van der Waals surface area contributed by atoms with Crippen LogP contribution in [0, 0.1) is 0 Å². The Labute approximate surface area is 164 Å². The predicted octanol–water partition coefficient (Wildman–Crippen LogP) is 3.43. The molecule has 0 aromatic heterocycles. The third-order valence-electron chi connectivity index (χ3n) is 5.01. The lowest BCUT2D eigenvalue weighted by atomic mass is 10.1. The zero-order chi connectivity index (χ0) is 20.9. The van der Waals surface area contributed by atoms with Crippen molar-refractivity contribution in [1.29, 1.82) is 0 Å². The molecule has 160 valence electrons. The monoisotopic (exact) mass is 407 g/mol. The number of quaternary nitrogens is 1. The molecule has 0 spiro atoms. The minimum Gasteiger partial charge on any atom is -0.756 e. The van der Waals surface area contributed by atoms with Gasteiger partial charge >= 0.3 is 5.97 Å². The van der Waals surface area contributed by atoms with Crippen molar-refractivity contribution < 1.29 is 32.5 Å². The number of nitrogens with zero attached hydrogens (tertiary/aromatic N) is 1. The highest BCUT2D eigenvalue weighted by molar-refractivity contribution is 7.45. The third-order valence-corrected chi connectivity index (χ3v) is 6.14. The van der Waals surface area contributed by atoms with Gasteiger partial charge in [0.15, 0.2) is 0 Å². The van der Waals surface area contributed by atoms with Crippen LogP contribution in [0.2, 0.25) is 0 Å². The minimum atomic E-state index is -4.29. The fourth-order valence-corrected chi connectivity index (χ4v) is 3.90. The molecule has 8 heteroatoms. The Morgan fingerprint density at radius 1 is 1.11 bits per heavy atom. The molecule has 0 aliphatic heterocycles. The first-order chi connectivity index (χ1) is 12.6. The average Bonchev–Trinajstić information content (AvgIpc) is 2.62. The highest BCUT2D eigenvalue weighted by atomic mass is 31.2. The van der Waals surface area contributed by atoms with E-state index in [0.717, 1.165) is 30.7 Å². The van der Waals surface area contributed by atoms with E-state index in [1.807, 2.05) is 0 Å². The van der Waals surface area contributed by atoms with Gasteiger partial charge in [-0.2, -0.15) is 0 Å². The van der Waals surface area contributed by atoms with E-state index in [1.165, 1.54) is 0 Å². The molecule has 0 heterocycles. The van der Waals surface area contributed by atoms with Gasteiger partial charge in [-0.15, -0.1) is 0 Å². The summed E-state index contributed by atoms with van der Waals surface area (Å²) in [6, 6.07) is 0. The molecule has 0 rings (SSSR count). The van der Waals surface area contributed by atoms with E-state index in [-0.39, 0.29) is 13.2 Å². The van der Waals surface area contributed by atoms with E-state index in [4.69, 9.17) is 13.8 Å². The topological polar surface area (TPSA) is 84.9 Å². The molecular weight excluding hydrogens is 369 g/mol. The lowest BCUT2D eigenvalue weighted by molar-refractivity contribution is -0.923. The maximum absolute atomic E-state index is 11.9. The standard InChI is InChI=1S/C19H38NO6P/c1-7-20(8-2,9-3)15-14-18(26-27(22,23)25-10-4)13-11-12-16-24-19(21)17(5)6/h18H,5,7-16H2,1-4,6H3. The molecule has 2 atom stereocenters. The molecule has 2 unspecified atom stereocenters. The summed E-state index contributed by atoms with van der Waals surface area (Å²) < 4.78 is 28.0. The fourth-order valence-electron chi connectivity index (χ4n) is 2.95. The number of ether oxygens (including phenoxy) is 1. The van der Waals surface area contributed by atoms with Gasteiger partial charge in [0, 0.05) is 12.0 Å². The van der Waals surface area contributed by atoms with E-state index in [1.54, 1.807) is 13.8 Å². The first-order valence-electron chi connectivity index (χ1n) is 9.96. The number of hydrogen-bond donors (Lipinski definition) is 0. The Morgan fingerprint density at radius 3 is 2.19 bits per heavy atom. The molecule has 0 bridgehead atoms. The van der Waals surface area contributed by atoms with E-state index >= 15 is 0 Å². The zero-order valence-electron chi connectivity index (χ0n) is 17.7. The molecule has 0 N–H and O–H groups in total. The number of esters is 1. The van der Waals surface area contributed by atoms with Crippen molar-refractivity contribution in [1.82, 2.24) is 0 Å². The van der Waals surface area contributed by atoms with Crippen LogP contribution in [0.3, 0.4) is 0 Å². The number of unbranched alkanes of at least 4 members (excludes halogenated alkanes) is 1. The predicted molar refractivity (Wildman–Crippen MR) is 105 cm³/mol. The molecule has 0 amide bonds. The van der Waals surface area contributed by atoms with E-state index in [2.05, 4.69) is 27.4 Å². The molecule has 7 nitrogen and oxygen atoms in total. The summed E-state index contributed by atoms with van der Waals surface area (Å²) in [5.41, 5.74) is 0.369. The van der Waals surface area contributed by atoms with Gasteiger partial charge in [-0.1, -0.05) is 6.58 Å². The molecule has 0 aromatic carbocycles. The quantitative estimate of drug-likeness (QED) is 0.128. The van der Waals surface area contributed by atoms with Crippen molar-refractivity contribution in [3.05, 3.63) is 12.2 Å². The Bertz CT molecular complexity index is 484. The van der Waals surface area contributed by atoms with E-state index < -0.39 is 19.9 Å². The molecule has 0 saturated heterocycles. The summed E-state index contributed by atoms with van der Waals surface area (Å²) in [7, 11) is -4.29. The first-order valence-corrected chi connectivity index (χ1v) is 11.4. The van der Waals surface area contributed by atoms with Crippen LogP contribution >= 0.6 is 7.82 Å². The van der Waals surface area contributed by atoms with Crippen LogP contribution in [0.15, 0.2) is 12.2 Å². The normalized spacial score (nSPS) is 15.2. The van der Waals surface area contributed by atoms with Gasteiger partial charge in [-0.05, 0) is 53.9 Å². The Kier molecular flexibility index (Phi) is 13.1.